The van der Waals surface area contributed by atoms with Crippen LogP contribution in [0.1, 0.15) is 35.5 Å². The van der Waals surface area contributed by atoms with E-state index in [0.29, 0.717) is 5.56 Å². The number of ketones is 1. The lowest BCUT2D eigenvalue weighted by molar-refractivity contribution is -0.117. The summed E-state index contributed by atoms with van der Waals surface area (Å²) < 4.78 is 25.9. The highest BCUT2D eigenvalue weighted by atomic mass is 19.3. The van der Waals surface area contributed by atoms with Crippen molar-refractivity contribution in [3.05, 3.63) is 59.5 Å². The van der Waals surface area contributed by atoms with Gasteiger partial charge in [-0.05, 0) is 43.2 Å². The highest BCUT2D eigenvalue weighted by molar-refractivity contribution is 5.93. The maximum atomic E-state index is 12.9. The number of amides is 1. The molecule has 0 unspecified atom stereocenters. The van der Waals surface area contributed by atoms with Crippen LogP contribution in [0.25, 0.3) is 10.9 Å². The van der Waals surface area contributed by atoms with Crippen LogP contribution in [0.3, 0.4) is 0 Å². The van der Waals surface area contributed by atoms with E-state index in [1.165, 1.54) is 26.1 Å². The van der Waals surface area contributed by atoms with E-state index < -0.39 is 17.9 Å². The van der Waals surface area contributed by atoms with E-state index in [4.69, 9.17) is 0 Å². The van der Waals surface area contributed by atoms with Crippen molar-refractivity contribution in [1.82, 2.24) is 20.5 Å². The molecule has 1 amide bonds. The number of aromatic nitrogens is 3. The molecule has 146 valence electrons. The second-order valence-electron chi connectivity index (χ2n) is 7.21. The fourth-order valence-electron chi connectivity index (χ4n) is 2.73. The molecular weight excluding hydrogens is 366 g/mol. The van der Waals surface area contributed by atoms with Crippen molar-refractivity contribution in [2.45, 2.75) is 38.7 Å². The minimum absolute atomic E-state index is 0.00194. The Morgan fingerprint density at radius 3 is 2.57 bits per heavy atom. The third-order valence-corrected chi connectivity index (χ3v) is 4.35. The van der Waals surface area contributed by atoms with Crippen LogP contribution < -0.4 is 5.32 Å². The zero-order chi connectivity index (χ0) is 20.3. The van der Waals surface area contributed by atoms with Gasteiger partial charge in [-0.3, -0.25) is 19.7 Å². The standard InChI is InChI=1S/C20H20F2N4O2/c1-20(2,19(21)22)25-18(28)17-10-13(5-6-23-17)8-15(27)7-12-3-4-14-11-24-26-16(14)9-12/h3-6,9-11,19H,7-8H2,1-2H3,(H,24,26)(H,25,28). The number of fused-ring (bicyclic) bond motifs is 1. The van der Waals surface area contributed by atoms with Gasteiger partial charge in [0.15, 0.2) is 0 Å². The number of rotatable bonds is 7. The average Bonchev–Trinajstić information content (AvgIpc) is 3.09. The molecule has 0 fully saturated rings. The Balaban J connectivity index is 1.66. The summed E-state index contributed by atoms with van der Waals surface area (Å²) in [7, 11) is 0. The lowest BCUT2D eigenvalue weighted by Gasteiger charge is -2.24. The minimum atomic E-state index is -2.71. The highest BCUT2D eigenvalue weighted by Crippen LogP contribution is 2.16. The summed E-state index contributed by atoms with van der Waals surface area (Å²) in [6.07, 6.45) is 0.733. The molecule has 2 N–H and O–H groups in total. The van der Waals surface area contributed by atoms with E-state index in [1.54, 1.807) is 12.3 Å². The van der Waals surface area contributed by atoms with Crippen molar-refractivity contribution in [2.24, 2.45) is 0 Å². The van der Waals surface area contributed by atoms with Crippen molar-refractivity contribution in [2.75, 3.05) is 0 Å². The van der Waals surface area contributed by atoms with Crippen LogP contribution >= 0.6 is 0 Å². The fraction of sp³-hybridized carbons (Fsp3) is 0.300. The number of hydrogen-bond donors (Lipinski definition) is 2. The van der Waals surface area contributed by atoms with Crippen LogP contribution in [0, 0.1) is 0 Å². The van der Waals surface area contributed by atoms with Crippen LogP contribution in [0.15, 0.2) is 42.7 Å². The first-order chi connectivity index (χ1) is 13.2. The number of halogens is 2. The van der Waals surface area contributed by atoms with Gasteiger partial charge >= 0.3 is 0 Å². The van der Waals surface area contributed by atoms with Gasteiger partial charge in [0.05, 0.1) is 17.3 Å². The first-order valence-corrected chi connectivity index (χ1v) is 8.74. The molecule has 0 bridgehead atoms. The van der Waals surface area contributed by atoms with Crippen molar-refractivity contribution >= 4 is 22.6 Å². The Labute approximate surface area is 160 Å². The van der Waals surface area contributed by atoms with Crippen LogP contribution in [-0.2, 0) is 17.6 Å². The maximum Gasteiger partial charge on any atom is 0.270 e. The molecule has 1 aromatic carbocycles. The molecule has 3 rings (SSSR count). The lowest BCUT2D eigenvalue weighted by Crippen LogP contribution is -2.49. The quantitative estimate of drug-likeness (QED) is 0.653. The van der Waals surface area contributed by atoms with Gasteiger partial charge in [0.1, 0.15) is 11.5 Å². The van der Waals surface area contributed by atoms with E-state index in [-0.39, 0.29) is 24.3 Å². The SMILES string of the molecule is CC(C)(NC(=O)c1cc(CC(=O)Cc2ccc3cn[nH]c3c2)ccn1)C(F)F. The van der Waals surface area contributed by atoms with Gasteiger partial charge in [0.2, 0.25) is 0 Å². The van der Waals surface area contributed by atoms with Gasteiger partial charge in [0, 0.05) is 24.4 Å². The topological polar surface area (TPSA) is 87.7 Å². The summed E-state index contributed by atoms with van der Waals surface area (Å²) in [5, 5.41) is 10.0. The number of H-pyrrole nitrogens is 1. The molecule has 2 aromatic heterocycles. The summed E-state index contributed by atoms with van der Waals surface area (Å²) in [6.45, 7) is 2.47. The molecule has 0 saturated heterocycles. The Hall–Kier alpha value is -3.16. The number of alkyl halides is 2. The van der Waals surface area contributed by atoms with Gasteiger partial charge in [0.25, 0.3) is 12.3 Å². The molecule has 8 heteroatoms. The third kappa shape index (κ3) is 4.57. The number of nitrogens with zero attached hydrogens (tertiary/aromatic N) is 2. The Morgan fingerprint density at radius 2 is 1.86 bits per heavy atom. The zero-order valence-electron chi connectivity index (χ0n) is 15.5. The van der Waals surface area contributed by atoms with Gasteiger partial charge in [-0.1, -0.05) is 12.1 Å². The number of carbonyl (C=O) groups is 2. The molecule has 0 spiro atoms. The molecular formula is C20H20F2N4O2. The molecule has 0 aliphatic carbocycles. The van der Waals surface area contributed by atoms with Crippen LogP contribution in [0.4, 0.5) is 8.78 Å². The highest BCUT2D eigenvalue weighted by Gasteiger charge is 2.31. The van der Waals surface area contributed by atoms with E-state index in [2.05, 4.69) is 20.5 Å². The summed E-state index contributed by atoms with van der Waals surface area (Å²) in [5.41, 5.74) is 0.637. The zero-order valence-corrected chi connectivity index (χ0v) is 15.5. The van der Waals surface area contributed by atoms with Crippen molar-refractivity contribution < 1.29 is 18.4 Å². The molecule has 6 nitrogen and oxygen atoms in total. The Kier molecular flexibility index (Phi) is 5.48. The number of Topliss-reactive ketones (excluding diaryl/α,β-unsaturated/α-hetero) is 1. The van der Waals surface area contributed by atoms with Crippen LogP contribution in [-0.4, -0.2) is 38.8 Å². The molecule has 0 aliphatic heterocycles. The second-order valence-corrected chi connectivity index (χ2v) is 7.21. The van der Waals surface area contributed by atoms with Gasteiger partial charge < -0.3 is 5.32 Å². The summed E-state index contributed by atoms with van der Waals surface area (Å²) in [4.78, 5) is 28.5. The first-order valence-electron chi connectivity index (χ1n) is 8.74. The molecule has 0 aliphatic rings. The molecule has 3 aromatic rings. The number of nitrogens with one attached hydrogen (secondary N) is 2. The average molecular weight is 386 g/mol. The van der Waals surface area contributed by atoms with Crippen molar-refractivity contribution in [3.63, 3.8) is 0 Å². The second kappa shape index (κ2) is 7.84. The van der Waals surface area contributed by atoms with Gasteiger partial charge in [-0.15, -0.1) is 0 Å². The number of carbonyl (C=O) groups excluding carboxylic acids is 2. The Bertz CT molecular complexity index is 1010. The van der Waals surface area contributed by atoms with Crippen LogP contribution in [0.2, 0.25) is 0 Å². The largest absolute Gasteiger partial charge is 0.340 e. The number of hydrogen-bond acceptors (Lipinski definition) is 4. The molecule has 2 heterocycles. The molecule has 28 heavy (non-hydrogen) atoms. The minimum Gasteiger partial charge on any atom is -0.340 e. The first kappa shape index (κ1) is 19.6. The monoisotopic (exact) mass is 386 g/mol. The van der Waals surface area contributed by atoms with Gasteiger partial charge in [-0.2, -0.15) is 5.10 Å². The van der Waals surface area contributed by atoms with E-state index in [1.807, 2.05) is 18.2 Å². The predicted molar refractivity (Wildman–Crippen MR) is 100 cm³/mol. The summed E-state index contributed by atoms with van der Waals surface area (Å²) in [6, 6.07) is 8.71. The van der Waals surface area contributed by atoms with Gasteiger partial charge in [-0.25, -0.2) is 8.78 Å². The van der Waals surface area contributed by atoms with Crippen molar-refractivity contribution in [3.8, 4) is 0 Å². The molecule has 0 atom stereocenters. The number of aromatic amines is 1. The molecule has 0 radical (unpaired) electrons. The number of pyridine rings is 1. The normalized spacial score (nSPS) is 11.8. The van der Waals surface area contributed by atoms with Crippen LogP contribution in [0.5, 0.6) is 0 Å². The van der Waals surface area contributed by atoms with E-state index >= 15 is 0 Å². The number of benzene rings is 1. The van der Waals surface area contributed by atoms with E-state index in [9.17, 15) is 18.4 Å². The fourth-order valence-corrected chi connectivity index (χ4v) is 2.73. The summed E-state index contributed by atoms with van der Waals surface area (Å²) in [5.74, 6) is -0.742. The molecule has 0 saturated carbocycles. The maximum absolute atomic E-state index is 12.9. The predicted octanol–water partition coefficient (Wildman–Crippen LogP) is 3.09. The van der Waals surface area contributed by atoms with Crippen molar-refractivity contribution in [1.29, 1.82) is 0 Å². The lowest BCUT2D eigenvalue weighted by atomic mass is 10.0. The smallest absolute Gasteiger partial charge is 0.270 e. The Morgan fingerprint density at radius 1 is 1.14 bits per heavy atom. The third-order valence-electron chi connectivity index (χ3n) is 4.35. The summed E-state index contributed by atoms with van der Waals surface area (Å²) >= 11 is 0. The van der Waals surface area contributed by atoms with E-state index in [0.717, 1.165) is 16.5 Å².